The molecule has 0 saturated heterocycles. The van der Waals surface area contributed by atoms with Crippen molar-refractivity contribution in [3.8, 4) is 0 Å². The second-order valence-corrected chi connectivity index (χ2v) is 3.01. The van der Waals surface area contributed by atoms with Crippen molar-refractivity contribution in [1.82, 2.24) is 0 Å². The van der Waals surface area contributed by atoms with E-state index in [2.05, 4.69) is 26.0 Å². The molecule has 0 radical (unpaired) electrons. The van der Waals surface area contributed by atoms with Crippen molar-refractivity contribution < 1.29 is 35.8 Å². The summed E-state index contributed by atoms with van der Waals surface area (Å²) in [4.78, 5) is 10.9. The third kappa shape index (κ3) is 11.6. The van der Waals surface area contributed by atoms with Gasteiger partial charge in [-0.25, -0.2) is 16.6 Å². The molecule has 92 valence electrons. The zero-order chi connectivity index (χ0) is 13.7. The Labute approximate surface area is 116 Å². The summed E-state index contributed by atoms with van der Waals surface area (Å²) in [6.07, 6.45) is 4.52. The number of halogens is 1. The minimum absolute atomic E-state index is 0. The van der Waals surface area contributed by atoms with Gasteiger partial charge in [0.1, 0.15) is 0 Å². The summed E-state index contributed by atoms with van der Waals surface area (Å²) >= 11 is 5.55. The molecule has 6 heteroatoms. The van der Waals surface area contributed by atoms with E-state index in [1.54, 1.807) is 6.42 Å². The van der Waals surface area contributed by atoms with Crippen LogP contribution in [0, 0.1) is 44.3 Å². The predicted octanol–water partition coefficient (Wildman–Crippen LogP) is 1.86. The summed E-state index contributed by atoms with van der Waals surface area (Å²) in [5, 5.41) is 0.241. The average molecular weight is 296 g/mol. The average Bonchev–Trinajstić information content (AvgIpc) is 2.34. The Morgan fingerprint density at radius 3 is 1.82 bits per heavy atom. The van der Waals surface area contributed by atoms with Gasteiger partial charge in [0.05, 0.1) is 0 Å². The molecule has 0 N–H and O–H groups in total. The van der Waals surface area contributed by atoms with Gasteiger partial charge in [0.25, 0.3) is 0 Å². The number of rotatable bonds is 0. The van der Waals surface area contributed by atoms with E-state index < -0.39 is 0 Å². The molecule has 0 saturated carbocycles. The molecule has 2 unspecified atom stereocenters. The molecule has 1 aliphatic rings. The number of carbonyl (C=O) groups excluding carboxylic acids is 1. The molecule has 0 bridgehead atoms. The van der Waals surface area contributed by atoms with Crippen LogP contribution in [0.2, 0.25) is 0 Å². The zero-order valence-electron chi connectivity index (χ0n) is 9.10. The van der Waals surface area contributed by atoms with E-state index in [0.717, 1.165) is 0 Å². The Kier molecular flexibility index (Phi) is 26.3. The van der Waals surface area contributed by atoms with Crippen LogP contribution in [0.15, 0.2) is 5.03 Å². The van der Waals surface area contributed by atoms with Crippen LogP contribution in [0.3, 0.4) is 0 Å². The maximum Gasteiger partial charge on any atom is 2.00 e. The molecule has 0 spiro atoms. The van der Waals surface area contributed by atoms with Crippen molar-refractivity contribution in [3.05, 3.63) is 37.5 Å². The zero-order valence-corrected chi connectivity index (χ0v) is 11.0. The number of carbonyl (C=O) groups is 1. The normalized spacial score (nSPS) is 19.8. The molecular weight excluding hydrogens is 287 g/mol. The number of allylic oxidation sites excluding steroid dienone is 2. The van der Waals surface area contributed by atoms with Crippen molar-refractivity contribution in [2.45, 2.75) is 13.8 Å². The topological polar surface area (TPSA) is 76.8 Å². The van der Waals surface area contributed by atoms with Crippen molar-refractivity contribution in [2.24, 2.45) is 11.8 Å². The van der Waals surface area contributed by atoms with Crippen LogP contribution in [-0.2, 0) is 35.8 Å². The summed E-state index contributed by atoms with van der Waals surface area (Å²) in [5.41, 5.74) is 0. The van der Waals surface area contributed by atoms with Gasteiger partial charge in [0.15, 0.2) is 0 Å². The summed E-state index contributed by atoms with van der Waals surface area (Å²) in [5.74, 6) is 0.451. The molecule has 1 rings (SSSR count). The summed E-state index contributed by atoms with van der Waals surface area (Å²) in [6.45, 7) is 17.5. The minimum Gasteiger partial charge on any atom is 2.00 e. The first kappa shape index (κ1) is 25.2. The maximum atomic E-state index is 10.9. The fourth-order valence-electron chi connectivity index (χ4n) is 0.859. The van der Waals surface area contributed by atoms with E-state index in [0.29, 0.717) is 0 Å². The fraction of sp³-hybridized carbons (Fsp3) is 0.364. The molecule has 4 nitrogen and oxygen atoms in total. The molecule has 0 aromatic heterocycles. The van der Waals surface area contributed by atoms with Gasteiger partial charge in [-0.05, 0) is 0 Å². The molecule has 2 atom stereocenters. The molecular formula is C11H9ClFeO4. The Bertz CT molecular complexity index is 279. The first-order chi connectivity index (χ1) is 7.61. The van der Waals surface area contributed by atoms with Crippen LogP contribution < -0.4 is 0 Å². The molecule has 0 fully saturated rings. The van der Waals surface area contributed by atoms with Crippen LogP contribution in [-0.4, -0.2) is 5.78 Å². The van der Waals surface area contributed by atoms with Gasteiger partial charge in [-0.15, -0.1) is 17.6 Å². The van der Waals surface area contributed by atoms with Crippen LogP contribution in [0.25, 0.3) is 0 Å². The van der Waals surface area contributed by atoms with Gasteiger partial charge < -0.3 is 10.9 Å². The Morgan fingerprint density at radius 2 is 1.53 bits per heavy atom. The van der Waals surface area contributed by atoms with Crippen molar-refractivity contribution >= 4 is 17.4 Å². The molecule has 17 heavy (non-hydrogen) atoms. The molecule has 0 aromatic carbocycles. The first-order valence-corrected chi connectivity index (χ1v) is 4.28. The maximum absolute atomic E-state index is 10.9. The number of Topliss-reactive ketones (excluding diaryl/α,β-unsaturated/α-hetero) is 1. The van der Waals surface area contributed by atoms with Crippen LogP contribution in [0.4, 0.5) is 0 Å². The van der Waals surface area contributed by atoms with Crippen LogP contribution >= 0.6 is 11.6 Å². The van der Waals surface area contributed by atoms with E-state index in [9.17, 15) is 4.79 Å². The fourth-order valence-corrected chi connectivity index (χ4v) is 1.09. The standard InChI is InChI=1S/C8H9ClO.3CO.Fe/c1-5-3-7(9)8(10)4-6(5)2;3*1-2;/h4-6H,1-2H3;;;;/q-2;;;;+2. The van der Waals surface area contributed by atoms with E-state index in [1.807, 2.05) is 13.8 Å². The molecule has 0 amide bonds. The Morgan fingerprint density at radius 1 is 1.18 bits per heavy atom. The van der Waals surface area contributed by atoms with E-state index in [4.69, 9.17) is 25.6 Å². The Balaban J connectivity index is -0.000000106. The molecule has 0 aromatic rings. The monoisotopic (exact) mass is 296 g/mol. The number of ketones is 1. The third-order valence-corrected chi connectivity index (χ3v) is 2.07. The van der Waals surface area contributed by atoms with Gasteiger partial charge in [-0.1, -0.05) is 13.8 Å². The number of hydrogen-bond acceptors (Lipinski definition) is 1. The largest absolute Gasteiger partial charge is 2.00 e. The minimum atomic E-state index is -0.0905. The first-order valence-electron chi connectivity index (χ1n) is 3.90. The molecule has 0 heterocycles. The van der Waals surface area contributed by atoms with Gasteiger partial charge in [-0.3, -0.25) is 6.42 Å². The summed E-state index contributed by atoms with van der Waals surface area (Å²) in [6, 6.07) is 0. The number of hydrogen-bond donors (Lipinski definition) is 0. The van der Waals surface area contributed by atoms with Crippen molar-refractivity contribution in [3.63, 3.8) is 0 Å². The van der Waals surface area contributed by atoms with Gasteiger partial charge in [0, 0.05) is 0 Å². The van der Waals surface area contributed by atoms with Crippen LogP contribution in [0.1, 0.15) is 13.8 Å². The second-order valence-electron chi connectivity index (χ2n) is 2.64. The van der Waals surface area contributed by atoms with Gasteiger partial charge in [-0.2, -0.15) is 0 Å². The predicted molar refractivity (Wildman–Crippen MR) is 52.0 cm³/mol. The Hall–Kier alpha value is -0.691. The van der Waals surface area contributed by atoms with E-state index in [-0.39, 0.29) is 39.7 Å². The summed E-state index contributed by atoms with van der Waals surface area (Å²) in [7, 11) is 0. The molecule has 1 aliphatic carbocycles. The molecule has 0 aliphatic heterocycles. The van der Waals surface area contributed by atoms with Crippen molar-refractivity contribution in [1.29, 1.82) is 0 Å². The van der Waals surface area contributed by atoms with Crippen LogP contribution in [0.5, 0.6) is 0 Å². The van der Waals surface area contributed by atoms with E-state index >= 15 is 0 Å². The summed E-state index contributed by atoms with van der Waals surface area (Å²) < 4.78 is 22.5. The quantitative estimate of drug-likeness (QED) is 0.382. The van der Waals surface area contributed by atoms with E-state index in [1.165, 1.54) is 0 Å². The van der Waals surface area contributed by atoms with Crippen molar-refractivity contribution in [2.75, 3.05) is 0 Å². The third-order valence-electron chi connectivity index (χ3n) is 1.77. The second kappa shape index (κ2) is 17.7. The SMILES string of the molecule is CC1[C-]=C(Cl)C(=O)[CH-]C1C.[C-]#[O+].[C-]#[O+].[C-]#[O+].[Fe+2]. The van der Waals surface area contributed by atoms with Gasteiger partial charge >= 0.3 is 51.0 Å². The van der Waals surface area contributed by atoms with Gasteiger partial charge in [0.2, 0.25) is 0 Å². The smallest absolute Gasteiger partial charge is 2.00 e.